The molecule has 106 valence electrons. The lowest BCUT2D eigenvalue weighted by atomic mass is 10.2. The standard InChI is InChI=1S/C11H13F3N2O2S/c1-5(17)6(2)19-10-7(9(15)18)3-4-8(16-10)11(12,13)14/h3-6,17H,1-2H3,(H2,15,18). The van der Waals surface area contributed by atoms with Crippen LogP contribution in [0.5, 0.6) is 0 Å². The molecule has 3 N–H and O–H groups in total. The second kappa shape index (κ2) is 5.79. The summed E-state index contributed by atoms with van der Waals surface area (Å²) < 4.78 is 37.7. The number of amides is 1. The maximum absolute atomic E-state index is 12.6. The largest absolute Gasteiger partial charge is 0.433 e. The zero-order valence-electron chi connectivity index (χ0n) is 10.2. The van der Waals surface area contributed by atoms with E-state index in [0.29, 0.717) is 6.07 Å². The lowest BCUT2D eigenvalue weighted by Gasteiger charge is -2.16. The number of nitrogens with two attached hydrogens (primary N) is 1. The van der Waals surface area contributed by atoms with Crippen molar-refractivity contribution in [1.29, 1.82) is 0 Å². The topological polar surface area (TPSA) is 76.2 Å². The van der Waals surface area contributed by atoms with Gasteiger partial charge in [0.25, 0.3) is 5.91 Å². The van der Waals surface area contributed by atoms with E-state index >= 15 is 0 Å². The predicted molar refractivity (Wildman–Crippen MR) is 64.8 cm³/mol. The highest BCUT2D eigenvalue weighted by Crippen LogP contribution is 2.32. The highest BCUT2D eigenvalue weighted by molar-refractivity contribution is 8.00. The van der Waals surface area contributed by atoms with E-state index in [0.717, 1.165) is 17.8 Å². The van der Waals surface area contributed by atoms with E-state index < -0.39 is 29.1 Å². The van der Waals surface area contributed by atoms with E-state index in [9.17, 15) is 23.1 Å². The first-order valence-electron chi connectivity index (χ1n) is 5.35. The number of nitrogens with zero attached hydrogens (tertiary/aromatic N) is 1. The van der Waals surface area contributed by atoms with Crippen molar-refractivity contribution in [2.24, 2.45) is 5.73 Å². The molecule has 4 nitrogen and oxygen atoms in total. The van der Waals surface area contributed by atoms with E-state index in [1.165, 1.54) is 6.92 Å². The maximum atomic E-state index is 12.6. The number of rotatable bonds is 4. The molecule has 0 saturated heterocycles. The molecule has 0 aromatic carbocycles. The number of aliphatic hydroxyl groups is 1. The monoisotopic (exact) mass is 294 g/mol. The number of primary amides is 1. The van der Waals surface area contributed by atoms with Gasteiger partial charge in [-0.25, -0.2) is 4.98 Å². The number of carbonyl (C=O) groups excluding carboxylic acids is 1. The van der Waals surface area contributed by atoms with Crippen molar-refractivity contribution in [3.8, 4) is 0 Å². The lowest BCUT2D eigenvalue weighted by Crippen LogP contribution is -2.19. The van der Waals surface area contributed by atoms with Gasteiger partial charge in [-0.2, -0.15) is 13.2 Å². The van der Waals surface area contributed by atoms with Gasteiger partial charge in [0.05, 0.1) is 11.7 Å². The molecule has 1 aromatic rings. The molecule has 1 amide bonds. The van der Waals surface area contributed by atoms with Gasteiger partial charge in [-0.3, -0.25) is 4.79 Å². The summed E-state index contributed by atoms with van der Waals surface area (Å²) in [6, 6.07) is 1.70. The summed E-state index contributed by atoms with van der Waals surface area (Å²) in [4.78, 5) is 14.6. The molecule has 0 spiro atoms. The summed E-state index contributed by atoms with van der Waals surface area (Å²) in [5.74, 6) is -0.860. The van der Waals surface area contributed by atoms with E-state index in [1.807, 2.05) is 0 Å². The van der Waals surface area contributed by atoms with E-state index in [4.69, 9.17) is 5.73 Å². The van der Waals surface area contributed by atoms with Crippen LogP contribution in [0, 0.1) is 0 Å². The van der Waals surface area contributed by atoms with Gasteiger partial charge in [-0.15, -0.1) is 0 Å². The summed E-state index contributed by atoms with van der Waals surface area (Å²) in [5.41, 5.74) is 3.90. The van der Waals surface area contributed by atoms with Gasteiger partial charge >= 0.3 is 6.18 Å². The third-order valence-electron chi connectivity index (χ3n) is 2.39. The van der Waals surface area contributed by atoms with Gasteiger partial charge in [0.15, 0.2) is 0 Å². The molecule has 1 aromatic heterocycles. The molecule has 19 heavy (non-hydrogen) atoms. The van der Waals surface area contributed by atoms with Gasteiger partial charge in [0.1, 0.15) is 10.7 Å². The number of aromatic nitrogens is 1. The fraction of sp³-hybridized carbons (Fsp3) is 0.455. The fourth-order valence-corrected chi connectivity index (χ4v) is 2.15. The number of pyridine rings is 1. The van der Waals surface area contributed by atoms with Crippen LogP contribution in [0.25, 0.3) is 0 Å². The van der Waals surface area contributed by atoms with Gasteiger partial charge in [-0.05, 0) is 19.1 Å². The molecule has 0 radical (unpaired) electrons. The van der Waals surface area contributed by atoms with Crippen molar-refractivity contribution in [2.45, 2.75) is 36.4 Å². The highest BCUT2D eigenvalue weighted by Gasteiger charge is 2.33. The number of hydrogen-bond donors (Lipinski definition) is 2. The zero-order valence-corrected chi connectivity index (χ0v) is 11.0. The first-order chi connectivity index (χ1) is 8.62. The summed E-state index contributed by atoms with van der Waals surface area (Å²) in [6.07, 6.45) is -5.36. The predicted octanol–water partition coefficient (Wildman–Crippen LogP) is 2.06. The van der Waals surface area contributed by atoms with Crippen molar-refractivity contribution in [2.75, 3.05) is 0 Å². The maximum Gasteiger partial charge on any atom is 0.433 e. The normalized spacial score (nSPS) is 15.1. The van der Waals surface area contributed by atoms with Crippen LogP contribution < -0.4 is 5.73 Å². The number of thioether (sulfide) groups is 1. The van der Waals surface area contributed by atoms with Crippen LogP contribution in [0.4, 0.5) is 13.2 Å². The Morgan fingerprint density at radius 3 is 2.42 bits per heavy atom. The fourth-order valence-electron chi connectivity index (χ4n) is 1.15. The quantitative estimate of drug-likeness (QED) is 0.833. The lowest BCUT2D eigenvalue weighted by molar-refractivity contribution is -0.141. The average Bonchev–Trinajstić information content (AvgIpc) is 2.27. The Morgan fingerprint density at radius 1 is 1.42 bits per heavy atom. The van der Waals surface area contributed by atoms with E-state index in [1.54, 1.807) is 6.92 Å². The first-order valence-corrected chi connectivity index (χ1v) is 6.23. The van der Waals surface area contributed by atoms with Crippen LogP contribution in [-0.2, 0) is 6.18 Å². The molecule has 0 aliphatic rings. The number of alkyl halides is 3. The van der Waals surface area contributed by atoms with Crippen LogP contribution in [-0.4, -0.2) is 27.4 Å². The molecule has 0 saturated carbocycles. The van der Waals surface area contributed by atoms with Crippen molar-refractivity contribution >= 4 is 17.7 Å². The third-order valence-corrected chi connectivity index (χ3v) is 3.69. The minimum atomic E-state index is -4.60. The van der Waals surface area contributed by atoms with Crippen molar-refractivity contribution < 1.29 is 23.1 Å². The SMILES string of the molecule is CC(O)C(C)Sc1nc(C(F)(F)F)ccc1C(N)=O. The molecular formula is C11H13F3N2O2S. The van der Waals surface area contributed by atoms with Crippen molar-refractivity contribution in [3.63, 3.8) is 0 Å². The van der Waals surface area contributed by atoms with E-state index in [2.05, 4.69) is 4.98 Å². The minimum absolute atomic E-state index is 0.0921. The summed E-state index contributed by atoms with van der Waals surface area (Å²) in [6.45, 7) is 3.11. The number of carbonyl (C=O) groups is 1. The smallest absolute Gasteiger partial charge is 0.392 e. The molecule has 0 aliphatic heterocycles. The second-order valence-corrected chi connectivity index (χ2v) is 5.34. The molecule has 0 aliphatic carbocycles. The van der Waals surface area contributed by atoms with Crippen molar-refractivity contribution in [3.05, 3.63) is 23.4 Å². The first kappa shape index (κ1) is 15.8. The van der Waals surface area contributed by atoms with Crippen LogP contribution in [0.1, 0.15) is 29.9 Å². The molecule has 1 heterocycles. The van der Waals surface area contributed by atoms with Crippen LogP contribution >= 0.6 is 11.8 Å². The van der Waals surface area contributed by atoms with Crippen LogP contribution in [0.2, 0.25) is 0 Å². The number of hydrogen-bond acceptors (Lipinski definition) is 4. The third kappa shape index (κ3) is 4.10. The second-order valence-electron chi connectivity index (χ2n) is 3.97. The molecular weight excluding hydrogens is 281 g/mol. The molecule has 8 heteroatoms. The minimum Gasteiger partial charge on any atom is -0.392 e. The molecule has 1 rings (SSSR count). The Kier molecular flexibility index (Phi) is 4.81. The van der Waals surface area contributed by atoms with Gasteiger partial charge in [0.2, 0.25) is 0 Å². The Balaban J connectivity index is 3.20. The van der Waals surface area contributed by atoms with Crippen LogP contribution in [0.15, 0.2) is 17.2 Å². The number of aliphatic hydroxyl groups excluding tert-OH is 1. The number of halogens is 3. The van der Waals surface area contributed by atoms with Crippen molar-refractivity contribution in [1.82, 2.24) is 4.98 Å². The van der Waals surface area contributed by atoms with Gasteiger partial charge < -0.3 is 10.8 Å². The summed E-state index contributed by atoms with van der Waals surface area (Å²) >= 11 is 0.875. The molecule has 0 fully saturated rings. The Hall–Kier alpha value is -1.28. The van der Waals surface area contributed by atoms with Gasteiger partial charge in [0, 0.05) is 5.25 Å². The molecule has 0 bridgehead atoms. The van der Waals surface area contributed by atoms with Crippen LogP contribution in [0.3, 0.4) is 0 Å². The van der Waals surface area contributed by atoms with Gasteiger partial charge in [-0.1, -0.05) is 18.7 Å². The molecule has 2 unspecified atom stereocenters. The Labute approximate surface area is 112 Å². The van der Waals surface area contributed by atoms with E-state index in [-0.39, 0.29) is 10.6 Å². The molecule has 2 atom stereocenters. The Bertz CT molecular complexity index is 477. The summed E-state index contributed by atoms with van der Waals surface area (Å²) in [7, 11) is 0. The highest BCUT2D eigenvalue weighted by atomic mass is 32.2. The average molecular weight is 294 g/mol. The summed E-state index contributed by atoms with van der Waals surface area (Å²) in [5, 5.41) is 8.80. The Morgan fingerprint density at radius 2 is 2.00 bits per heavy atom. The zero-order chi connectivity index (χ0) is 14.8.